The van der Waals surface area contributed by atoms with Crippen LogP contribution in [0.4, 0.5) is 15.9 Å². The number of carbonyl (C=O) groups is 1. The van der Waals surface area contributed by atoms with Crippen molar-refractivity contribution in [1.82, 2.24) is 9.88 Å². The number of hydrogen-bond donors (Lipinski definition) is 3. The van der Waals surface area contributed by atoms with E-state index in [2.05, 4.69) is 10.3 Å². The zero-order chi connectivity index (χ0) is 20.9. The molecule has 1 amide bonds. The fraction of sp³-hybridized carbons (Fsp3) is 0.429. The molecule has 29 heavy (non-hydrogen) atoms. The van der Waals surface area contributed by atoms with E-state index in [0.717, 1.165) is 18.4 Å². The Bertz CT molecular complexity index is 987. The van der Waals surface area contributed by atoms with Gasteiger partial charge in [-0.3, -0.25) is 4.79 Å². The number of amides is 1. The summed E-state index contributed by atoms with van der Waals surface area (Å²) in [6, 6.07) is 3.05. The molecule has 1 aliphatic carbocycles. The number of benzene rings is 1. The van der Waals surface area contributed by atoms with Gasteiger partial charge in [0.1, 0.15) is 11.6 Å². The number of aliphatic hydroxyl groups is 1. The van der Waals surface area contributed by atoms with Crippen molar-refractivity contribution >= 4 is 29.0 Å². The fourth-order valence-electron chi connectivity index (χ4n) is 4.46. The van der Waals surface area contributed by atoms with Crippen molar-refractivity contribution in [3.05, 3.63) is 40.3 Å². The number of hydrogen-bond acceptors (Lipinski definition) is 5. The summed E-state index contributed by atoms with van der Waals surface area (Å²) in [6.45, 7) is 0.694. The predicted octanol–water partition coefficient (Wildman–Crippen LogP) is 3.42. The van der Waals surface area contributed by atoms with E-state index in [4.69, 9.17) is 17.3 Å². The highest BCUT2D eigenvalue weighted by Crippen LogP contribution is 2.51. The molecule has 1 spiro atoms. The monoisotopic (exact) mass is 418 g/mol. The molecule has 0 bridgehead atoms. The summed E-state index contributed by atoms with van der Waals surface area (Å²) >= 11 is 6.82. The lowest BCUT2D eigenvalue weighted by Crippen LogP contribution is -2.35. The Hall–Kier alpha value is -2.38. The molecule has 0 atom stereocenters. The van der Waals surface area contributed by atoms with Crippen LogP contribution in [0.15, 0.2) is 18.3 Å². The number of aromatic nitrogens is 1. The number of nitrogen functional groups attached to an aromatic ring is 1. The maximum atomic E-state index is 15.4. The first-order chi connectivity index (χ1) is 13.7. The molecule has 0 saturated heterocycles. The minimum absolute atomic E-state index is 0.0783. The molecule has 2 heterocycles. The zero-order valence-electron chi connectivity index (χ0n) is 16.4. The van der Waals surface area contributed by atoms with Gasteiger partial charge in [-0.05, 0) is 37.8 Å². The van der Waals surface area contributed by atoms with E-state index in [-0.39, 0.29) is 28.3 Å². The average Bonchev–Trinajstić information content (AvgIpc) is 3.04. The van der Waals surface area contributed by atoms with Crippen LogP contribution >= 0.6 is 11.6 Å². The Morgan fingerprint density at radius 1 is 1.34 bits per heavy atom. The van der Waals surface area contributed by atoms with E-state index >= 15 is 4.39 Å². The van der Waals surface area contributed by atoms with Crippen LogP contribution < -0.4 is 11.1 Å². The average molecular weight is 419 g/mol. The normalized spacial score (nSPS) is 23.0. The highest BCUT2D eigenvalue weighted by molar-refractivity contribution is 6.34. The van der Waals surface area contributed by atoms with Gasteiger partial charge in [0.25, 0.3) is 5.91 Å². The van der Waals surface area contributed by atoms with Crippen LogP contribution in [0.5, 0.6) is 0 Å². The highest BCUT2D eigenvalue weighted by Gasteiger charge is 2.44. The number of anilines is 2. The Balaban J connectivity index is 1.85. The van der Waals surface area contributed by atoms with Crippen LogP contribution in [0.3, 0.4) is 0 Å². The number of rotatable bonds is 2. The van der Waals surface area contributed by atoms with Crippen molar-refractivity contribution in [2.45, 2.75) is 37.2 Å². The van der Waals surface area contributed by atoms with Crippen LogP contribution in [0.25, 0.3) is 11.1 Å². The van der Waals surface area contributed by atoms with E-state index in [0.29, 0.717) is 35.8 Å². The number of fused-ring (bicyclic) bond motifs is 2. The molecular weight excluding hydrogens is 395 g/mol. The third kappa shape index (κ3) is 3.13. The van der Waals surface area contributed by atoms with Gasteiger partial charge in [0, 0.05) is 54.6 Å². The molecule has 0 radical (unpaired) electrons. The third-order valence-corrected chi connectivity index (χ3v) is 6.53. The van der Waals surface area contributed by atoms with Gasteiger partial charge in [-0.2, -0.15) is 0 Å². The standard InChI is InChI=1S/C21H24ClFN4O2/c1-27(2)20(29)15-14(24)4-3-12(18(15)23)13-9-25-19-16(17(13)22)21(10-26-19)7-5-11(28)6-8-21/h3-4,9,11,28H,5-8,10,24H2,1-2H3,(H,25,26). The second-order valence-corrected chi connectivity index (χ2v) is 8.54. The fourth-order valence-corrected chi connectivity index (χ4v) is 4.90. The Labute approximate surface area is 173 Å². The first kappa shape index (κ1) is 19.9. The van der Waals surface area contributed by atoms with Gasteiger partial charge >= 0.3 is 0 Å². The SMILES string of the molecule is CN(C)C(=O)c1c(N)ccc(-c2cnc3c(c2Cl)C2(CCC(O)CC2)CN3)c1F. The van der Waals surface area contributed by atoms with Crippen LogP contribution in [0, 0.1) is 5.82 Å². The van der Waals surface area contributed by atoms with Crippen LogP contribution in [0.1, 0.15) is 41.6 Å². The Morgan fingerprint density at radius 2 is 2.03 bits per heavy atom. The molecular formula is C21H24ClFN4O2. The van der Waals surface area contributed by atoms with Crippen LogP contribution in [-0.4, -0.2) is 47.6 Å². The minimum atomic E-state index is -0.702. The van der Waals surface area contributed by atoms with E-state index in [9.17, 15) is 9.90 Å². The van der Waals surface area contributed by atoms with Crippen molar-refractivity contribution in [3.63, 3.8) is 0 Å². The molecule has 1 fully saturated rings. The van der Waals surface area contributed by atoms with Gasteiger partial charge in [-0.1, -0.05) is 11.6 Å². The smallest absolute Gasteiger partial charge is 0.258 e. The summed E-state index contributed by atoms with van der Waals surface area (Å²) in [5.74, 6) is -0.506. The highest BCUT2D eigenvalue weighted by atomic mass is 35.5. The lowest BCUT2D eigenvalue weighted by molar-refractivity contribution is 0.0824. The molecule has 6 nitrogen and oxygen atoms in total. The summed E-state index contributed by atoms with van der Waals surface area (Å²) in [4.78, 5) is 18.2. The van der Waals surface area contributed by atoms with E-state index in [1.54, 1.807) is 14.1 Å². The summed E-state index contributed by atoms with van der Waals surface area (Å²) in [5, 5.41) is 13.7. The topological polar surface area (TPSA) is 91.5 Å². The van der Waals surface area contributed by atoms with Crippen molar-refractivity contribution < 1.29 is 14.3 Å². The molecule has 4 N–H and O–H groups in total. The maximum Gasteiger partial charge on any atom is 0.258 e. The van der Waals surface area contributed by atoms with Gasteiger partial charge in [0.2, 0.25) is 0 Å². The second-order valence-electron chi connectivity index (χ2n) is 8.17. The molecule has 0 unspecified atom stereocenters. The van der Waals surface area contributed by atoms with Crippen molar-refractivity contribution in [2.75, 3.05) is 31.7 Å². The summed E-state index contributed by atoms with van der Waals surface area (Å²) in [5.41, 5.74) is 7.09. The van der Waals surface area contributed by atoms with Gasteiger partial charge in [0.05, 0.1) is 16.7 Å². The maximum absolute atomic E-state index is 15.4. The van der Waals surface area contributed by atoms with Crippen molar-refractivity contribution in [1.29, 1.82) is 0 Å². The first-order valence-electron chi connectivity index (χ1n) is 9.66. The third-order valence-electron chi connectivity index (χ3n) is 6.14. The van der Waals surface area contributed by atoms with E-state index in [1.165, 1.54) is 23.2 Å². The van der Waals surface area contributed by atoms with E-state index in [1.807, 2.05) is 0 Å². The summed E-state index contributed by atoms with van der Waals surface area (Å²) < 4.78 is 15.4. The molecule has 2 aliphatic rings. The molecule has 1 saturated carbocycles. The number of nitrogens with zero attached hydrogens (tertiary/aromatic N) is 2. The molecule has 8 heteroatoms. The van der Waals surface area contributed by atoms with Crippen molar-refractivity contribution in [2.24, 2.45) is 0 Å². The Morgan fingerprint density at radius 3 is 2.69 bits per heavy atom. The zero-order valence-corrected chi connectivity index (χ0v) is 17.2. The van der Waals surface area contributed by atoms with Gasteiger partial charge in [-0.25, -0.2) is 9.37 Å². The predicted molar refractivity (Wildman–Crippen MR) is 112 cm³/mol. The number of carbonyl (C=O) groups excluding carboxylic acids is 1. The number of nitrogens with two attached hydrogens (primary N) is 1. The molecule has 2 aromatic rings. The molecule has 4 rings (SSSR count). The molecule has 1 aromatic heterocycles. The minimum Gasteiger partial charge on any atom is -0.398 e. The van der Waals surface area contributed by atoms with Gasteiger partial charge in [-0.15, -0.1) is 0 Å². The first-order valence-corrected chi connectivity index (χ1v) is 10.0. The lowest BCUT2D eigenvalue weighted by atomic mass is 9.70. The number of pyridine rings is 1. The van der Waals surface area contributed by atoms with Crippen LogP contribution in [-0.2, 0) is 5.41 Å². The summed E-state index contributed by atoms with van der Waals surface area (Å²) in [6.07, 6.45) is 4.19. The number of halogens is 2. The van der Waals surface area contributed by atoms with Gasteiger partial charge < -0.3 is 21.1 Å². The quantitative estimate of drug-likeness (QED) is 0.650. The Kier molecular flexibility index (Phi) is 4.91. The number of nitrogens with one attached hydrogen (secondary N) is 1. The molecule has 154 valence electrons. The second kappa shape index (κ2) is 7.15. The molecule has 1 aromatic carbocycles. The van der Waals surface area contributed by atoms with Gasteiger partial charge in [0.15, 0.2) is 0 Å². The largest absolute Gasteiger partial charge is 0.398 e. The van der Waals surface area contributed by atoms with Crippen molar-refractivity contribution in [3.8, 4) is 11.1 Å². The van der Waals surface area contributed by atoms with Crippen LogP contribution in [0.2, 0.25) is 5.02 Å². The molecule has 1 aliphatic heterocycles. The van der Waals surface area contributed by atoms with E-state index < -0.39 is 11.7 Å². The number of aliphatic hydroxyl groups excluding tert-OH is 1. The summed E-state index contributed by atoms with van der Waals surface area (Å²) in [7, 11) is 3.09. The lowest BCUT2D eigenvalue weighted by Gasteiger charge is -2.36.